The Morgan fingerprint density at radius 3 is 2.62 bits per heavy atom. The highest BCUT2D eigenvalue weighted by atomic mass is 28.3. The highest BCUT2D eigenvalue weighted by molar-refractivity contribution is 6.59. The summed E-state index contributed by atoms with van der Waals surface area (Å²) in [5.41, 5.74) is 0. The number of ether oxygens (including phenoxy) is 1. The van der Waals surface area contributed by atoms with E-state index in [9.17, 15) is 0 Å². The molecular weight excluding hydrogens is 178 g/mol. The Balaban J connectivity index is 2.51. The first-order valence-electron chi connectivity index (χ1n) is 5.60. The van der Waals surface area contributed by atoms with E-state index < -0.39 is 8.80 Å². The predicted molar refractivity (Wildman–Crippen MR) is 59.7 cm³/mol. The van der Waals surface area contributed by atoms with Crippen molar-refractivity contribution in [2.24, 2.45) is 0 Å². The Bertz CT molecular complexity index is 144. The molecule has 13 heavy (non-hydrogen) atoms. The summed E-state index contributed by atoms with van der Waals surface area (Å²) in [4.78, 5) is 0. The van der Waals surface area contributed by atoms with Crippen LogP contribution >= 0.6 is 0 Å². The molecule has 1 fully saturated rings. The second-order valence-corrected chi connectivity index (χ2v) is 7.52. The van der Waals surface area contributed by atoms with Crippen LogP contribution in [-0.4, -0.2) is 27.3 Å². The van der Waals surface area contributed by atoms with Gasteiger partial charge in [-0.25, -0.2) is 0 Å². The van der Waals surface area contributed by atoms with Gasteiger partial charge in [-0.3, -0.25) is 5.32 Å². The molecule has 0 saturated carbocycles. The van der Waals surface area contributed by atoms with E-state index in [0.29, 0.717) is 0 Å². The molecular formula is C10H23NOSi. The molecule has 0 radical (unpaired) electrons. The summed E-state index contributed by atoms with van der Waals surface area (Å²) >= 11 is 0. The first-order chi connectivity index (χ1) is 6.21. The van der Waals surface area contributed by atoms with E-state index in [-0.39, 0.29) is 5.35 Å². The minimum atomic E-state index is -0.753. The van der Waals surface area contributed by atoms with Crippen LogP contribution in [0.2, 0.25) is 13.1 Å². The van der Waals surface area contributed by atoms with Crippen LogP contribution in [0.1, 0.15) is 32.6 Å². The lowest BCUT2D eigenvalue weighted by Gasteiger charge is -2.41. The lowest BCUT2D eigenvalue weighted by molar-refractivity contribution is -0.0449. The number of rotatable bonds is 4. The van der Waals surface area contributed by atoms with E-state index in [0.717, 1.165) is 13.2 Å². The Morgan fingerprint density at radius 1 is 1.38 bits per heavy atom. The molecule has 0 bridgehead atoms. The van der Waals surface area contributed by atoms with Crippen LogP contribution in [0.15, 0.2) is 0 Å². The molecule has 1 unspecified atom stereocenters. The van der Waals surface area contributed by atoms with Crippen molar-refractivity contribution in [2.45, 2.75) is 51.0 Å². The fourth-order valence-corrected chi connectivity index (χ4v) is 3.74. The maximum Gasteiger partial charge on any atom is 0.101 e. The monoisotopic (exact) mass is 201 g/mol. The molecule has 0 spiro atoms. The summed E-state index contributed by atoms with van der Waals surface area (Å²) in [6, 6.07) is 0. The molecule has 2 nitrogen and oxygen atoms in total. The van der Waals surface area contributed by atoms with Crippen LogP contribution in [0.25, 0.3) is 0 Å². The summed E-state index contributed by atoms with van der Waals surface area (Å²) in [6.45, 7) is 9.04. The van der Waals surface area contributed by atoms with Crippen LogP contribution in [0.3, 0.4) is 0 Å². The van der Waals surface area contributed by atoms with E-state index >= 15 is 0 Å². The Kier molecular flexibility index (Phi) is 4.42. The van der Waals surface area contributed by atoms with Gasteiger partial charge in [-0.15, -0.1) is 0 Å². The van der Waals surface area contributed by atoms with E-state index in [1.54, 1.807) is 0 Å². The quantitative estimate of drug-likeness (QED) is 0.702. The summed E-state index contributed by atoms with van der Waals surface area (Å²) < 4.78 is 5.98. The molecule has 1 aliphatic heterocycles. The number of nitrogens with one attached hydrogen (secondary N) is 1. The van der Waals surface area contributed by atoms with Gasteiger partial charge in [-0.1, -0.05) is 20.0 Å². The molecule has 0 aromatic rings. The zero-order chi connectivity index (χ0) is 9.73. The number of hydrogen-bond donors (Lipinski definition) is 1. The third-order valence-electron chi connectivity index (χ3n) is 2.91. The zero-order valence-corrected chi connectivity index (χ0v) is 10.4. The normalized spacial score (nSPS) is 29.5. The van der Waals surface area contributed by atoms with Crippen LogP contribution in [0.5, 0.6) is 0 Å². The smallest absolute Gasteiger partial charge is 0.101 e. The van der Waals surface area contributed by atoms with E-state index in [1.807, 2.05) is 0 Å². The number of hydrogen-bond acceptors (Lipinski definition) is 2. The van der Waals surface area contributed by atoms with Crippen molar-refractivity contribution in [3.05, 3.63) is 0 Å². The molecule has 0 aromatic carbocycles. The van der Waals surface area contributed by atoms with Gasteiger partial charge < -0.3 is 4.74 Å². The van der Waals surface area contributed by atoms with Crippen molar-refractivity contribution in [3.8, 4) is 0 Å². The second-order valence-electron chi connectivity index (χ2n) is 4.28. The standard InChI is InChI=1S/C10H23NOSi/c1-4-8-11-10(13(2)3)7-5-6-9-12-10/h11,13H,4-9H2,1-3H3. The van der Waals surface area contributed by atoms with Crippen molar-refractivity contribution in [3.63, 3.8) is 0 Å². The molecule has 1 heterocycles. The third-order valence-corrected chi connectivity index (χ3v) is 5.43. The topological polar surface area (TPSA) is 21.3 Å². The lowest BCUT2D eigenvalue weighted by atomic mass is 10.2. The average Bonchev–Trinajstić information content (AvgIpc) is 2.16. The highest BCUT2D eigenvalue weighted by Gasteiger charge is 2.36. The highest BCUT2D eigenvalue weighted by Crippen LogP contribution is 2.24. The van der Waals surface area contributed by atoms with Crippen molar-refractivity contribution in [2.75, 3.05) is 13.2 Å². The average molecular weight is 201 g/mol. The minimum Gasteiger partial charge on any atom is -0.364 e. The van der Waals surface area contributed by atoms with Crippen LogP contribution in [0, 0.1) is 0 Å². The van der Waals surface area contributed by atoms with Gasteiger partial charge in [0.25, 0.3) is 0 Å². The summed E-state index contributed by atoms with van der Waals surface area (Å²) in [5.74, 6) is 0. The largest absolute Gasteiger partial charge is 0.364 e. The third kappa shape index (κ3) is 2.79. The van der Waals surface area contributed by atoms with Gasteiger partial charge in [0.05, 0.1) is 8.80 Å². The molecule has 0 aliphatic carbocycles. The molecule has 1 saturated heterocycles. The second kappa shape index (κ2) is 5.13. The van der Waals surface area contributed by atoms with Crippen molar-refractivity contribution < 1.29 is 4.74 Å². The van der Waals surface area contributed by atoms with Crippen LogP contribution < -0.4 is 5.32 Å². The van der Waals surface area contributed by atoms with Crippen molar-refractivity contribution in [1.82, 2.24) is 5.32 Å². The summed E-state index contributed by atoms with van der Waals surface area (Å²) in [6.07, 6.45) is 5.02. The van der Waals surface area contributed by atoms with Crippen LogP contribution in [0.4, 0.5) is 0 Å². The Morgan fingerprint density at radius 2 is 2.15 bits per heavy atom. The van der Waals surface area contributed by atoms with E-state index in [1.165, 1.54) is 25.7 Å². The van der Waals surface area contributed by atoms with Gasteiger partial charge in [-0.05, 0) is 32.2 Å². The molecule has 1 atom stereocenters. The van der Waals surface area contributed by atoms with Crippen molar-refractivity contribution in [1.29, 1.82) is 0 Å². The van der Waals surface area contributed by atoms with Gasteiger partial charge >= 0.3 is 0 Å². The Hall–Kier alpha value is 0.137. The maximum atomic E-state index is 5.98. The Labute approximate surface area is 83.7 Å². The zero-order valence-electron chi connectivity index (χ0n) is 9.23. The molecule has 1 N–H and O–H groups in total. The SMILES string of the molecule is CCCNC1([SiH](C)C)CCCCO1. The van der Waals surface area contributed by atoms with Crippen LogP contribution in [-0.2, 0) is 4.74 Å². The molecule has 78 valence electrons. The van der Waals surface area contributed by atoms with Gasteiger partial charge in [0.2, 0.25) is 0 Å². The van der Waals surface area contributed by atoms with Crippen molar-refractivity contribution >= 4 is 8.80 Å². The molecule has 3 heteroatoms. The lowest BCUT2D eigenvalue weighted by Crippen LogP contribution is -2.58. The fraction of sp³-hybridized carbons (Fsp3) is 1.00. The molecule has 0 amide bonds. The van der Waals surface area contributed by atoms with Gasteiger partial charge in [0, 0.05) is 6.61 Å². The van der Waals surface area contributed by atoms with E-state index in [2.05, 4.69) is 25.3 Å². The summed E-state index contributed by atoms with van der Waals surface area (Å²) in [5, 5.41) is 3.74. The van der Waals surface area contributed by atoms with E-state index in [4.69, 9.17) is 4.74 Å². The predicted octanol–water partition coefficient (Wildman–Crippen LogP) is 1.91. The van der Waals surface area contributed by atoms with Gasteiger partial charge in [0.1, 0.15) is 5.35 Å². The maximum absolute atomic E-state index is 5.98. The summed E-state index contributed by atoms with van der Waals surface area (Å²) in [7, 11) is -0.753. The van der Waals surface area contributed by atoms with Gasteiger partial charge in [0.15, 0.2) is 0 Å². The first kappa shape index (κ1) is 11.2. The molecule has 0 aromatic heterocycles. The fourth-order valence-electron chi connectivity index (χ4n) is 1.95. The molecule has 1 aliphatic rings. The first-order valence-corrected chi connectivity index (χ1v) is 8.49. The molecule has 1 rings (SSSR count). The minimum absolute atomic E-state index is 0.119. The van der Waals surface area contributed by atoms with Gasteiger partial charge in [-0.2, -0.15) is 0 Å².